The molecule has 0 aliphatic carbocycles. The number of aromatic amines is 1. The van der Waals surface area contributed by atoms with Gasteiger partial charge in [0.25, 0.3) is 5.91 Å². The summed E-state index contributed by atoms with van der Waals surface area (Å²) in [6.07, 6.45) is 3.50. The van der Waals surface area contributed by atoms with Crippen molar-refractivity contribution >= 4 is 34.5 Å². The van der Waals surface area contributed by atoms with E-state index in [4.69, 9.17) is 0 Å². The molecular formula is C17H13N5O. The number of nitrogens with one attached hydrogen (secondary N) is 3. The maximum Gasteiger partial charge on any atom is 0.276 e. The van der Waals surface area contributed by atoms with Crippen molar-refractivity contribution in [2.24, 2.45) is 4.99 Å². The van der Waals surface area contributed by atoms with Crippen molar-refractivity contribution in [3.05, 3.63) is 66.0 Å². The van der Waals surface area contributed by atoms with Crippen LogP contribution in [0.4, 0.5) is 5.69 Å². The van der Waals surface area contributed by atoms with Crippen LogP contribution in [0.25, 0.3) is 17.0 Å². The molecule has 0 atom stereocenters. The van der Waals surface area contributed by atoms with Crippen molar-refractivity contribution < 1.29 is 4.79 Å². The Morgan fingerprint density at radius 3 is 2.83 bits per heavy atom. The van der Waals surface area contributed by atoms with Crippen molar-refractivity contribution in [2.45, 2.75) is 0 Å². The van der Waals surface area contributed by atoms with Crippen molar-refractivity contribution in [1.82, 2.24) is 15.5 Å². The minimum absolute atomic E-state index is 0.229. The molecule has 23 heavy (non-hydrogen) atoms. The Balaban J connectivity index is 1.61. The number of amides is 1. The van der Waals surface area contributed by atoms with Gasteiger partial charge < -0.3 is 5.32 Å². The number of rotatable bonds is 2. The van der Waals surface area contributed by atoms with Crippen LogP contribution < -0.4 is 10.6 Å². The Kier molecular flexibility index (Phi) is 3.12. The smallest absolute Gasteiger partial charge is 0.276 e. The van der Waals surface area contributed by atoms with Crippen molar-refractivity contribution in [3.8, 4) is 0 Å². The molecule has 0 bridgehead atoms. The largest absolute Gasteiger partial charge is 0.326 e. The monoisotopic (exact) mass is 303 g/mol. The highest BCUT2D eigenvalue weighted by Gasteiger charge is 2.19. The normalized spacial score (nSPS) is 15.7. The van der Waals surface area contributed by atoms with E-state index in [1.165, 1.54) is 0 Å². The molecule has 0 radical (unpaired) electrons. The lowest BCUT2D eigenvalue weighted by Crippen LogP contribution is -2.29. The summed E-state index contributed by atoms with van der Waals surface area (Å²) in [4.78, 5) is 16.3. The van der Waals surface area contributed by atoms with E-state index in [9.17, 15) is 4.79 Å². The molecule has 0 saturated carbocycles. The minimum Gasteiger partial charge on any atom is -0.326 e. The molecule has 112 valence electrons. The first-order valence-corrected chi connectivity index (χ1v) is 7.15. The number of anilines is 1. The standard InChI is InChI=1S/C17H13N5O/c23-16-15(9-11-6-7-12-10-18-22-14(12)8-11)20-17(21-16)19-13-4-2-1-3-5-13/h1-10H,(H,18,22)(H2,19,20,21,23)/b15-9-. The zero-order chi connectivity index (χ0) is 15.6. The molecule has 6 heteroatoms. The van der Waals surface area contributed by atoms with E-state index in [0.29, 0.717) is 11.7 Å². The Morgan fingerprint density at radius 1 is 1.09 bits per heavy atom. The van der Waals surface area contributed by atoms with Gasteiger partial charge in [-0.25, -0.2) is 4.99 Å². The summed E-state index contributed by atoms with van der Waals surface area (Å²) >= 11 is 0. The fourth-order valence-corrected chi connectivity index (χ4v) is 2.39. The second-order valence-electron chi connectivity index (χ2n) is 5.15. The zero-order valence-corrected chi connectivity index (χ0v) is 12.1. The van der Waals surface area contributed by atoms with E-state index < -0.39 is 0 Å². The number of carbonyl (C=O) groups excluding carboxylic acids is 1. The van der Waals surface area contributed by atoms with Crippen LogP contribution in [0.2, 0.25) is 0 Å². The highest BCUT2D eigenvalue weighted by Crippen LogP contribution is 2.17. The molecule has 4 rings (SSSR count). The van der Waals surface area contributed by atoms with E-state index >= 15 is 0 Å². The number of carbonyl (C=O) groups is 1. The summed E-state index contributed by atoms with van der Waals surface area (Å²) in [5, 5.41) is 13.7. The van der Waals surface area contributed by atoms with Gasteiger partial charge in [0.1, 0.15) is 5.70 Å². The number of nitrogens with zero attached hydrogens (tertiary/aromatic N) is 2. The zero-order valence-electron chi connectivity index (χ0n) is 12.1. The number of aliphatic imine (C=N–C) groups is 1. The molecule has 1 amide bonds. The predicted octanol–water partition coefficient (Wildman–Crippen LogP) is 2.50. The van der Waals surface area contributed by atoms with Crippen molar-refractivity contribution in [1.29, 1.82) is 0 Å². The second kappa shape index (κ2) is 5.42. The van der Waals surface area contributed by atoms with Crippen LogP contribution in [0.5, 0.6) is 0 Å². The van der Waals surface area contributed by atoms with Gasteiger partial charge in [0.15, 0.2) is 0 Å². The number of hydrogen-bond acceptors (Lipinski definition) is 4. The molecule has 0 spiro atoms. The molecule has 1 aliphatic heterocycles. The summed E-state index contributed by atoms with van der Waals surface area (Å²) in [6, 6.07) is 15.4. The summed E-state index contributed by atoms with van der Waals surface area (Å²) in [5.41, 5.74) is 3.04. The first-order chi connectivity index (χ1) is 11.3. The number of H-pyrrole nitrogens is 1. The van der Waals surface area contributed by atoms with Gasteiger partial charge in [0, 0.05) is 11.1 Å². The van der Waals surface area contributed by atoms with Crippen LogP contribution in [0.3, 0.4) is 0 Å². The Hall–Kier alpha value is -3.41. The number of aromatic nitrogens is 2. The number of benzene rings is 2. The third kappa shape index (κ3) is 2.69. The highest BCUT2D eigenvalue weighted by atomic mass is 16.2. The first kappa shape index (κ1) is 13.3. The number of guanidine groups is 1. The average Bonchev–Trinajstić information content (AvgIpc) is 3.15. The van der Waals surface area contributed by atoms with Crippen LogP contribution in [-0.4, -0.2) is 22.1 Å². The molecule has 2 aromatic carbocycles. The minimum atomic E-state index is -0.229. The number of hydrogen-bond donors (Lipinski definition) is 3. The molecule has 3 aromatic rings. The molecular weight excluding hydrogens is 290 g/mol. The van der Waals surface area contributed by atoms with Crippen LogP contribution >= 0.6 is 0 Å². The fourth-order valence-electron chi connectivity index (χ4n) is 2.39. The molecule has 1 aliphatic rings. The van der Waals surface area contributed by atoms with E-state index in [1.54, 1.807) is 12.3 Å². The lowest BCUT2D eigenvalue weighted by atomic mass is 10.1. The van der Waals surface area contributed by atoms with Gasteiger partial charge in [-0.1, -0.05) is 30.3 Å². The molecule has 0 fully saturated rings. The topological polar surface area (TPSA) is 82.2 Å². The molecule has 3 N–H and O–H groups in total. The predicted molar refractivity (Wildman–Crippen MR) is 89.7 cm³/mol. The second-order valence-corrected chi connectivity index (χ2v) is 5.15. The van der Waals surface area contributed by atoms with E-state index in [2.05, 4.69) is 25.8 Å². The maximum atomic E-state index is 12.0. The van der Waals surface area contributed by atoms with Gasteiger partial charge in [-0.05, 0) is 29.8 Å². The Labute approximate surface area is 131 Å². The fraction of sp³-hybridized carbons (Fsp3) is 0. The lowest BCUT2D eigenvalue weighted by Gasteiger charge is -2.03. The molecule has 1 aromatic heterocycles. The van der Waals surface area contributed by atoms with Crippen LogP contribution in [0.1, 0.15) is 5.56 Å². The SMILES string of the molecule is O=C1NC(Nc2ccccc2)=N/C1=C\c1ccc2cn[nH]c2c1. The van der Waals surface area contributed by atoms with Crippen LogP contribution in [0.15, 0.2) is 65.4 Å². The van der Waals surface area contributed by atoms with Gasteiger partial charge in [0.2, 0.25) is 5.96 Å². The van der Waals surface area contributed by atoms with E-state index in [-0.39, 0.29) is 5.91 Å². The van der Waals surface area contributed by atoms with Crippen LogP contribution in [-0.2, 0) is 4.79 Å². The third-order valence-electron chi connectivity index (χ3n) is 3.50. The van der Waals surface area contributed by atoms with E-state index in [1.807, 2.05) is 48.5 Å². The highest BCUT2D eigenvalue weighted by molar-refractivity contribution is 6.17. The Morgan fingerprint density at radius 2 is 1.96 bits per heavy atom. The first-order valence-electron chi connectivity index (χ1n) is 7.15. The van der Waals surface area contributed by atoms with Crippen LogP contribution in [0, 0.1) is 0 Å². The molecule has 0 saturated heterocycles. The number of fused-ring (bicyclic) bond motifs is 1. The molecule has 2 heterocycles. The lowest BCUT2D eigenvalue weighted by molar-refractivity contribution is -0.115. The molecule has 6 nitrogen and oxygen atoms in total. The number of para-hydroxylation sites is 1. The molecule has 0 unspecified atom stereocenters. The summed E-state index contributed by atoms with van der Waals surface area (Å²) in [5.74, 6) is 0.197. The summed E-state index contributed by atoms with van der Waals surface area (Å²) in [6.45, 7) is 0. The summed E-state index contributed by atoms with van der Waals surface area (Å²) < 4.78 is 0. The summed E-state index contributed by atoms with van der Waals surface area (Å²) in [7, 11) is 0. The van der Waals surface area contributed by atoms with Gasteiger partial charge in [0.05, 0.1) is 11.7 Å². The third-order valence-corrected chi connectivity index (χ3v) is 3.50. The van der Waals surface area contributed by atoms with E-state index in [0.717, 1.165) is 22.2 Å². The van der Waals surface area contributed by atoms with Gasteiger partial charge >= 0.3 is 0 Å². The quantitative estimate of drug-likeness (QED) is 0.636. The van der Waals surface area contributed by atoms with Gasteiger partial charge in [-0.2, -0.15) is 5.10 Å². The van der Waals surface area contributed by atoms with Crippen molar-refractivity contribution in [2.75, 3.05) is 5.32 Å². The van der Waals surface area contributed by atoms with Gasteiger partial charge in [-0.3, -0.25) is 15.2 Å². The average molecular weight is 303 g/mol. The van der Waals surface area contributed by atoms with Gasteiger partial charge in [-0.15, -0.1) is 0 Å². The maximum absolute atomic E-state index is 12.0. The Bertz CT molecular complexity index is 940. The van der Waals surface area contributed by atoms with Crippen molar-refractivity contribution in [3.63, 3.8) is 0 Å².